The first-order valence-electron chi connectivity index (χ1n) is 8.48. The monoisotopic (exact) mass is 368 g/mol. The molecule has 138 valence electrons. The lowest BCUT2D eigenvalue weighted by Gasteiger charge is -2.40. The Balaban J connectivity index is 1.62. The van der Waals surface area contributed by atoms with Gasteiger partial charge >= 0.3 is 0 Å². The van der Waals surface area contributed by atoms with Crippen LogP contribution in [0.4, 0.5) is 0 Å². The third-order valence-electron chi connectivity index (χ3n) is 4.49. The molecule has 2 atom stereocenters. The Kier molecular flexibility index (Phi) is 5.38. The third kappa shape index (κ3) is 4.00. The fourth-order valence-electron chi connectivity index (χ4n) is 3.28. The molecule has 1 aromatic rings. The zero-order valence-corrected chi connectivity index (χ0v) is 15.4. The van der Waals surface area contributed by atoms with Gasteiger partial charge in [-0.05, 0) is 26.0 Å². The number of aromatic nitrogens is 1. The number of rotatable bonds is 3. The van der Waals surface area contributed by atoms with Gasteiger partial charge in [-0.1, -0.05) is 0 Å². The van der Waals surface area contributed by atoms with Crippen LogP contribution in [0, 0.1) is 0 Å². The summed E-state index contributed by atoms with van der Waals surface area (Å²) in [5, 5.41) is 0. The molecule has 1 amide bonds. The van der Waals surface area contributed by atoms with Gasteiger partial charge in [0, 0.05) is 57.2 Å². The van der Waals surface area contributed by atoms with Gasteiger partial charge in [-0.25, -0.2) is 0 Å². The van der Waals surface area contributed by atoms with E-state index in [4.69, 9.17) is 4.74 Å². The van der Waals surface area contributed by atoms with Gasteiger partial charge in [0.1, 0.15) is 0 Å². The molecular weight excluding hydrogens is 344 g/mol. The first kappa shape index (κ1) is 18.2. The summed E-state index contributed by atoms with van der Waals surface area (Å²) in [7, 11) is -3.53. The van der Waals surface area contributed by atoms with Crippen LogP contribution in [-0.4, -0.2) is 84.3 Å². The number of hydrogen-bond acceptors (Lipinski definition) is 5. The predicted molar refractivity (Wildman–Crippen MR) is 92.2 cm³/mol. The molecule has 2 aliphatic heterocycles. The molecule has 3 rings (SSSR count). The van der Waals surface area contributed by atoms with Gasteiger partial charge in [-0.15, -0.1) is 0 Å². The summed E-state index contributed by atoms with van der Waals surface area (Å²) in [4.78, 5) is 18.0. The van der Waals surface area contributed by atoms with Gasteiger partial charge < -0.3 is 9.64 Å². The quantitative estimate of drug-likeness (QED) is 0.761. The van der Waals surface area contributed by atoms with Crippen molar-refractivity contribution in [3.63, 3.8) is 0 Å². The number of morpholine rings is 1. The van der Waals surface area contributed by atoms with Gasteiger partial charge in [0.05, 0.1) is 12.2 Å². The highest BCUT2D eigenvalue weighted by Gasteiger charge is 2.37. The number of nitrogens with zero attached hydrogens (tertiary/aromatic N) is 4. The molecule has 9 heteroatoms. The second kappa shape index (κ2) is 7.36. The molecule has 0 unspecified atom stereocenters. The minimum absolute atomic E-state index is 0.0898. The Morgan fingerprint density at radius 1 is 1.04 bits per heavy atom. The van der Waals surface area contributed by atoms with Gasteiger partial charge in [-0.3, -0.25) is 9.78 Å². The highest BCUT2D eigenvalue weighted by atomic mass is 32.2. The molecule has 2 saturated heterocycles. The Labute approximate surface area is 148 Å². The van der Waals surface area contributed by atoms with E-state index in [1.165, 1.54) is 8.61 Å². The highest BCUT2D eigenvalue weighted by molar-refractivity contribution is 7.86. The van der Waals surface area contributed by atoms with Crippen molar-refractivity contribution in [1.82, 2.24) is 18.5 Å². The minimum Gasteiger partial charge on any atom is -0.373 e. The summed E-state index contributed by atoms with van der Waals surface area (Å²) in [6.07, 6.45) is 2.92. The van der Waals surface area contributed by atoms with Crippen LogP contribution in [-0.2, 0) is 14.9 Å². The normalized spacial score (nSPS) is 26.6. The summed E-state index contributed by atoms with van der Waals surface area (Å²) >= 11 is 0. The van der Waals surface area contributed by atoms with Crippen LogP contribution in [0.25, 0.3) is 0 Å². The van der Waals surface area contributed by atoms with Crippen LogP contribution >= 0.6 is 0 Å². The number of piperazine rings is 1. The largest absolute Gasteiger partial charge is 0.373 e. The lowest BCUT2D eigenvalue weighted by Crippen LogP contribution is -2.57. The van der Waals surface area contributed by atoms with E-state index in [9.17, 15) is 13.2 Å². The average molecular weight is 368 g/mol. The highest BCUT2D eigenvalue weighted by Crippen LogP contribution is 2.19. The molecule has 8 nitrogen and oxygen atoms in total. The molecule has 0 aromatic carbocycles. The maximum absolute atomic E-state index is 12.9. The Morgan fingerprint density at radius 2 is 1.60 bits per heavy atom. The van der Waals surface area contributed by atoms with Crippen molar-refractivity contribution >= 4 is 16.1 Å². The Morgan fingerprint density at radius 3 is 2.16 bits per heavy atom. The summed E-state index contributed by atoms with van der Waals surface area (Å²) in [5.74, 6) is -0.0898. The lowest BCUT2D eigenvalue weighted by molar-refractivity contribution is -0.0457. The van der Waals surface area contributed by atoms with Gasteiger partial charge in [0.2, 0.25) is 0 Å². The topological polar surface area (TPSA) is 83.1 Å². The van der Waals surface area contributed by atoms with E-state index in [1.54, 1.807) is 29.4 Å². The average Bonchev–Trinajstić information content (AvgIpc) is 2.61. The number of carbonyl (C=O) groups is 1. The van der Waals surface area contributed by atoms with Crippen LogP contribution in [0.1, 0.15) is 24.2 Å². The minimum atomic E-state index is -3.53. The maximum atomic E-state index is 12.9. The van der Waals surface area contributed by atoms with Crippen molar-refractivity contribution in [2.45, 2.75) is 26.1 Å². The van der Waals surface area contributed by atoms with E-state index >= 15 is 0 Å². The van der Waals surface area contributed by atoms with E-state index in [0.29, 0.717) is 44.8 Å². The zero-order valence-electron chi connectivity index (χ0n) is 14.5. The predicted octanol–water partition coefficient (Wildman–Crippen LogP) is 0.193. The molecule has 0 radical (unpaired) electrons. The number of ether oxygens (including phenoxy) is 1. The smallest absolute Gasteiger partial charge is 0.282 e. The Bertz CT molecular complexity index is 694. The van der Waals surface area contributed by atoms with Crippen molar-refractivity contribution in [1.29, 1.82) is 0 Å². The van der Waals surface area contributed by atoms with Crippen LogP contribution in [0.2, 0.25) is 0 Å². The molecule has 0 saturated carbocycles. The van der Waals surface area contributed by atoms with E-state index < -0.39 is 10.2 Å². The molecule has 0 aliphatic carbocycles. The van der Waals surface area contributed by atoms with Crippen LogP contribution in [0.15, 0.2) is 24.5 Å². The summed E-state index contributed by atoms with van der Waals surface area (Å²) in [6, 6.07) is 3.34. The maximum Gasteiger partial charge on any atom is 0.282 e. The summed E-state index contributed by atoms with van der Waals surface area (Å²) < 4.78 is 34.3. The molecule has 3 heterocycles. The van der Waals surface area contributed by atoms with Crippen molar-refractivity contribution in [2.75, 3.05) is 39.3 Å². The van der Waals surface area contributed by atoms with Gasteiger partial charge in [0.15, 0.2) is 0 Å². The van der Waals surface area contributed by atoms with Crippen molar-refractivity contribution in [2.24, 2.45) is 0 Å². The molecule has 0 bridgehead atoms. The summed E-state index contributed by atoms with van der Waals surface area (Å²) in [6.45, 7) is 5.86. The standard InChI is InChI=1S/C16H24N4O4S/c1-13-11-20(12-14(2)24-13)25(22,23)19-9-7-18(8-10-19)16(21)15-3-5-17-6-4-15/h3-6,13-14H,7-12H2,1-2H3/t13-,14-/m0/s1. The second-order valence-corrected chi connectivity index (χ2v) is 8.44. The second-order valence-electron chi connectivity index (χ2n) is 6.51. The van der Waals surface area contributed by atoms with E-state index in [0.717, 1.165) is 0 Å². The van der Waals surface area contributed by atoms with Crippen molar-refractivity contribution in [3.8, 4) is 0 Å². The Hall–Kier alpha value is -1.55. The number of carbonyl (C=O) groups excluding carboxylic acids is 1. The molecule has 25 heavy (non-hydrogen) atoms. The first-order chi connectivity index (χ1) is 11.9. The SMILES string of the molecule is C[C@H]1CN(S(=O)(=O)N2CCN(C(=O)c3ccncc3)CC2)C[C@H](C)O1. The third-order valence-corrected chi connectivity index (χ3v) is 6.46. The van der Waals surface area contributed by atoms with Crippen molar-refractivity contribution in [3.05, 3.63) is 30.1 Å². The van der Waals surface area contributed by atoms with E-state index in [-0.39, 0.29) is 18.1 Å². The zero-order chi connectivity index (χ0) is 18.0. The number of hydrogen-bond donors (Lipinski definition) is 0. The summed E-state index contributed by atoms with van der Waals surface area (Å²) in [5.41, 5.74) is 0.571. The van der Waals surface area contributed by atoms with Crippen molar-refractivity contribution < 1.29 is 17.9 Å². The van der Waals surface area contributed by atoms with Gasteiger partial charge in [-0.2, -0.15) is 17.0 Å². The van der Waals surface area contributed by atoms with Crippen LogP contribution in [0.3, 0.4) is 0 Å². The van der Waals surface area contributed by atoms with E-state index in [1.807, 2.05) is 13.8 Å². The lowest BCUT2D eigenvalue weighted by atomic mass is 10.2. The van der Waals surface area contributed by atoms with Gasteiger partial charge in [0.25, 0.3) is 16.1 Å². The number of pyridine rings is 1. The first-order valence-corrected chi connectivity index (χ1v) is 9.87. The molecule has 2 fully saturated rings. The molecule has 0 N–H and O–H groups in total. The fourth-order valence-corrected chi connectivity index (χ4v) is 5.03. The molecule has 2 aliphatic rings. The molecular formula is C16H24N4O4S. The fraction of sp³-hybridized carbons (Fsp3) is 0.625. The van der Waals surface area contributed by atoms with Crippen LogP contribution in [0.5, 0.6) is 0 Å². The molecule has 0 spiro atoms. The molecule has 1 aromatic heterocycles. The van der Waals surface area contributed by atoms with E-state index in [2.05, 4.69) is 4.98 Å². The van der Waals surface area contributed by atoms with Crippen LogP contribution < -0.4 is 0 Å². The number of amides is 1.